The Kier molecular flexibility index (Phi) is 3.36. The molecule has 1 N–H and O–H groups in total. The van der Waals surface area contributed by atoms with E-state index in [0.717, 1.165) is 19.4 Å². The van der Waals surface area contributed by atoms with Gasteiger partial charge in [-0.2, -0.15) is 0 Å². The van der Waals surface area contributed by atoms with E-state index in [1.165, 1.54) is 16.8 Å². The third-order valence-corrected chi connectivity index (χ3v) is 3.59. The minimum absolute atomic E-state index is 0.161. The fourth-order valence-electron chi connectivity index (χ4n) is 2.78. The molecule has 0 aromatic heterocycles. The summed E-state index contributed by atoms with van der Waals surface area (Å²) in [6, 6.07) is 6.23. The van der Waals surface area contributed by atoms with Gasteiger partial charge in [-0.1, -0.05) is 12.1 Å². The molecular formula is C14H19NO2. The zero-order chi connectivity index (χ0) is 12.4. The van der Waals surface area contributed by atoms with Crippen molar-refractivity contribution in [1.29, 1.82) is 0 Å². The number of nitrogens with zero attached hydrogens (tertiary/aromatic N) is 1. The molecule has 0 amide bonds. The van der Waals surface area contributed by atoms with Crippen molar-refractivity contribution in [2.24, 2.45) is 0 Å². The lowest BCUT2D eigenvalue weighted by molar-refractivity contribution is -0.137. The molecule has 1 aromatic rings. The van der Waals surface area contributed by atoms with Crippen LogP contribution < -0.4 is 4.90 Å². The van der Waals surface area contributed by atoms with Crippen LogP contribution in [0.5, 0.6) is 0 Å². The SMILES string of the molecule is Cc1cccc2c1C(CC(=O)O)CCCN2C. The minimum Gasteiger partial charge on any atom is -0.481 e. The Balaban J connectivity index is 2.45. The van der Waals surface area contributed by atoms with E-state index in [9.17, 15) is 4.79 Å². The number of hydrogen-bond acceptors (Lipinski definition) is 2. The standard InChI is InChI=1S/C14H19NO2/c1-10-5-3-7-12-14(10)11(9-13(16)17)6-4-8-15(12)2/h3,5,7,11H,4,6,8-9H2,1-2H3,(H,16,17). The monoisotopic (exact) mass is 233 g/mol. The van der Waals surface area contributed by atoms with Crippen LogP contribution in [-0.4, -0.2) is 24.7 Å². The lowest BCUT2D eigenvalue weighted by Crippen LogP contribution is -2.18. The molecular weight excluding hydrogens is 214 g/mol. The zero-order valence-corrected chi connectivity index (χ0v) is 10.4. The molecule has 3 nitrogen and oxygen atoms in total. The number of hydrogen-bond donors (Lipinski definition) is 1. The Morgan fingerprint density at radius 1 is 1.53 bits per heavy atom. The van der Waals surface area contributed by atoms with Crippen LogP contribution in [0.3, 0.4) is 0 Å². The van der Waals surface area contributed by atoms with Crippen molar-refractivity contribution >= 4 is 11.7 Å². The van der Waals surface area contributed by atoms with Crippen molar-refractivity contribution in [3.05, 3.63) is 29.3 Å². The summed E-state index contributed by atoms with van der Waals surface area (Å²) in [6.07, 6.45) is 2.27. The summed E-state index contributed by atoms with van der Waals surface area (Å²) in [6.45, 7) is 3.08. The molecule has 92 valence electrons. The highest BCUT2D eigenvalue weighted by Gasteiger charge is 2.24. The van der Waals surface area contributed by atoms with Crippen molar-refractivity contribution in [2.45, 2.75) is 32.1 Å². The van der Waals surface area contributed by atoms with Gasteiger partial charge in [0.1, 0.15) is 0 Å². The van der Waals surface area contributed by atoms with Gasteiger partial charge in [0, 0.05) is 19.3 Å². The first-order valence-electron chi connectivity index (χ1n) is 6.12. The number of anilines is 1. The van der Waals surface area contributed by atoms with Crippen LogP contribution in [0.1, 0.15) is 36.3 Å². The molecule has 0 saturated heterocycles. The summed E-state index contributed by atoms with van der Waals surface area (Å²) in [5, 5.41) is 9.03. The van der Waals surface area contributed by atoms with Crippen LogP contribution in [0.2, 0.25) is 0 Å². The van der Waals surface area contributed by atoms with Crippen molar-refractivity contribution in [3.63, 3.8) is 0 Å². The van der Waals surface area contributed by atoms with E-state index < -0.39 is 5.97 Å². The molecule has 1 aromatic carbocycles. The minimum atomic E-state index is -0.700. The van der Waals surface area contributed by atoms with Crippen LogP contribution >= 0.6 is 0 Å². The van der Waals surface area contributed by atoms with E-state index in [4.69, 9.17) is 5.11 Å². The van der Waals surface area contributed by atoms with E-state index in [0.29, 0.717) is 0 Å². The molecule has 0 bridgehead atoms. The predicted molar refractivity (Wildman–Crippen MR) is 68.7 cm³/mol. The second-order valence-electron chi connectivity index (χ2n) is 4.87. The first-order valence-corrected chi connectivity index (χ1v) is 6.12. The van der Waals surface area contributed by atoms with E-state index >= 15 is 0 Å². The predicted octanol–water partition coefficient (Wildman–Crippen LogP) is 2.78. The fraction of sp³-hybridized carbons (Fsp3) is 0.500. The molecule has 3 heteroatoms. The van der Waals surface area contributed by atoms with E-state index in [2.05, 4.69) is 31.0 Å². The number of benzene rings is 1. The molecule has 0 saturated carbocycles. The van der Waals surface area contributed by atoms with Gasteiger partial charge in [-0.15, -0.1) is 0 Å². The topological polar surface area (TPSA) is 40.5 Å². The van der Waals surface area contributed by atoms with Gasteiger partial charge >= 0.3 is 5.97 Å². The first kappa shape index (κ1) is 12.0. The molecule has 2 rings (SSSR count). The smallest absolute Gasteiger partial charge is 0.303 e. The number of carboxylic acids is 1. The van der Waals surface area contributed by atoms with E-state index in [1.807, 2.05) is 6.07 Å². The molecule has 0 aliphatic carbocycles. The summed E-state index contributed by atoms with van der Waals surface area (Å²) < 4.78 is 0. The van der Waals surface area contributed by atoms with Crippen LogP contribution in [0.4, 0.5) is 5.69 Å². The Hall–Kier alpha value is -1.51. The summed E-state index contributed by atoms with van der Waals surface area (Å²) in [4.78, 5) is 13.2. The highest BCUT2D eigenvalue weighted by Crippen LogP contribution is 2.37. The Labute approximate surface area is 102 Å². The van der Waals surface area contributed by atoms with Gasteiger partial charge in [-0.05, 0) is 42.9 Å². The fourth-order valence-corrected chi connectivity index (χ4v) is 2.78. The molecule has 1 aliphatic rings. The van der Waals surface area contributed by atoms with Gasteiger partial charge in [-0.25, -0.2) is 0 Å². The van der Waals surface area contributed by atoms with Gasteiger partial charge in [0.15, 0.2) is 0 Å². The van der Waals surface area contributed by atoms with Crippen LogP contribution in [0.15, 0.2) is 18.2 Å². The molecule has 0 radical (unpaired) electrons. The summed E-state index contributed by atoms with van der Waals surface area (Å²) >= 11 is 0. The Morgan fingerprint density at radius 3 is 3.00 bits per heavy atom. The Bertz CT molecular complexity index is 428. The maximum Gasteiger partial charge on any atom is 0.303 e. The summed E-state index contributed by atoms with van der Waals surface area (Å²) in [5.74, 6) is -0.539. The third-order valence-electron chi connectivity index (χ3n) is 3.59. The Morgan fingerprint density at radius 2 is 2.29 bits per heavy atom. The molecule has 0 fully saturated rings. The quantitative estimate of drug-likeness (QED) is 0.854. The van der Waals surface area contributed by atoms with Gasteiger partial charge in [0.25, 0.3) is 0 Å². The van der Waals surface area contributed by atoms with Crippen molar-refractivity contribution in [2.75, 3.05) is 18.5 Å². The van der Waals surface area contributed by atoms with Gasteiger partial charge < -0.3 is 10.0 Å². The number of aliphatic carboxylic acids is 1. The molecule has 1 heterocycles. The largest absolute Gasteiger partial charge is 0.481 e. The molecule has 1 aliphatic heterocycles. The summed E-state index contributed by atoms with van der Waals surface area (Å²) in [7, 11) is 2.08. The van der Waals surface area contributed by atoms with E-state index in [-0.39, 0.29) is 12.3 Å². The van der Waals surface area contributed by atoms with Crippen LogP contribution in [0, 0.1) is 6.92 Å². The summed E-state index contributed by atoms with van der Waals surface area (Å²) in [5.41, 5.74) is 3.64. The maximum atomic E-state index is 11.0. The zero-order valence-electron chi connectivity index (χ0n) is 10.4. The number of fused-ring (bicyclic) bond motifs is 1. The first-order chi connectivity index (χ1) is 8.09. The normalized spacial score (nSPS) is 19.6. The second kappa shape index (κ2) is 4.78. The van der Waals surface area contributed by atoms with Gasteiger partial charge in [-0.3, -0.25) is 4.79 Å². The maximum absolute atomic E-state index is 11.0. The number of aryl methyl sites for hydroxylation is 1. The van der Waals surface area contributed by atoms with Crippen LogP contribution in [0.25, 0.3) is 0 Å². The highest BCUT2D eigenvalue weighted by atomic mass is 16.4. The highest BCUT2D eigenvalue weighted by molar-refractivity contribution is 5.70. The van der Waals surface area contributed by atoms with Crippen molar-refractivity contribution in [1.82, 2.24) is 0 Å². The second-order valence-corrected chi connectivity index (χ2v) is 4.87. The van der Waals surface area contributed by atoms with Crippen LogP contribution in [-0.2, 0) is 4.79 Å². The molecule has 1 unspecified atom stereocenters. The molecule has 17 heavy (non-hydrogen) atoms. The molecule has 0 spiro atoms. The number of carboxylic acid groups (broad SMARTS) is 1. The lowest BCUT2D eigenvalue weighted by Gasteiger charge is -2.22. The molecule has 1 atom stereocenters. The third kappa shape index (κ3) is 2.43. The number of rotatable bonds is 2. The van der Waals surface area contributed by atoms with Crippen molar-refractivity contribution in [3.8, 4) is 0 Å². The van der Waals surface area contributed by atoms with Crippen molar-refractivity contribution < 1.29 is 9.90 Å². The van der Waals surface area contributed by atoms with Gasteiger partial charge in [0.05, 0.1) is 6.42 Å². The number of carbonyl (C=O) groups is 1. The lowest BCUT2D eigenvalue weighted by atomic mass is 9.88. The van der Waals surface area contributed by atoms with E-state index in [1.54, 1.807) is 0 Å². The average molecular weight is 233 g/mol. The average Bonchev–Trinajstić information content (AvgIpc) is 2.40. The van der Waals surface area contributed by atoms with Gasteiger partial charge in [0.2, 0.25) is 0 Å².